The van der Waals surface area contributed by atoms with Crippen molar-refractivity contribution in [1.29, 1.82) is 0 Å². The standard InChI is InChI=1S/C63H100O32/c1-23-45(90-55-48(35(71)29(69)21-85-55)93-54-43(79)39(75)46(91-54)27(67)18-64)38(74)42(78)52(87-23)89-31-22-86-51(44(80)47(31)92-50-40(76)34(70)28(68)20-84-50)95-57(83)63-14-12-58(2,3)16-25(63)24-8-9-32-59(4)17-26(66)49(94-53-41(77)37(73)36(72)30(19-65)88-53)62(7,56(81)82)33(59)10-11-61(32,6)60(24,5)13-15-63/h8,23,25-55,64-80H,9-22H2,1-7H3,(H,81,82)/t23-,25-,26-,27-,28+,29+,30+,31+,32+,33+,34-,35-,36+,37-,38-,39+,40+,41+,42+,43+,44+,45-,46+,47-,48+,49-,50+,51-,52+,53-,54-,55-,59+,60+,61+,62-,63-/m0/s1. The summed E-state index contributed by atoms with van der Waals surface area (Å²) in [5.74, 6) is -3.19. The Morgan fingerprint density at radius 1 is 0.558 bits per heavy atom. The van der Waals surface area contributed by atoms with Gasteiger partial charge in [0.1, 0.15) is 128 Å². The highest BCUT2D eigenvalue weighted by Crippen LogP contribution is 2.76. The van der Waals surface area contributed by atoms with Gasteiger partial charge in [0, 0.05) is 0 Å². The van der Waals surface area contributed by atoms with Crippen LogP contribution in [0.1, 0.15) is 106 Å². The predicted molar refractivity (Wildman–Crippen MR) is 312 cm³/mol. The summed E-state index contributed by atoms with van der Waals surface area (Å²) >= 11 is 0. The number of hydrogen-bond acceptors (Lipinski definition) is 31. The first-order chi connectivity index (χ1) is 44.5. The molecule has 4 saturated carbocycles. The molecule has 544 valence electrons. The molecule has 0 aromatic heterocycles. The number of aliphatic hydroxyl groups is 17. The van der Waals surface area contributed by atoms with Gasteiger partial charge in [-0.05, 0) is 111 Å². The lowest BCUT2D eigenvalue weighted by Gasteiger charge is -2.71. The van der Waals surface area contributed by atoms with E-state index in [-0.39, 0.29) is 17.8 Å². The van der Waals surface area contributed by atoms with Crippen LogP contribution in [0.15, 0.2) is 11.6 Å². The Morgan fingerprint density at radius 2 is 1.15 bits per heavy atom. The van der Waals surface area contributed by atoms with Crippen molar-refractivity contribution in [2.24, 2.45) is 50.2 Å². The van der Waals surface area contributed by atoms with Gasteiger partial charge >= 0.3 is 11.9 Å². The molecule has 37 atom stereocenters. The number of carbonyl (C=O) groups excluding carboxylic acids is 1. The number of carbonyl (C=O) groups is 2. The lowest BCUT2D eigenvalue weighted by atomic mass is 9.33. The maximum atomic E-state index is 15.5. The van der Waals surface area contributed by atoms with Crippen LogP contribution in [0, 0.1) is 50.2 Å². The number of ether oxygens (including phenoxy) is 12. The first kappa shape index (κ1) is 73.8. The summed E-state index contributed by atoms with van der Waals surface area (Å²) in [5, 5.41) is 196. The minimum Gasteiger partial charge on any atom is -0.481 e. The minimum atomic E-state index is -2.01. The molecular weight excluding hydrogens is 1270 g/mol. The number of rotatable bonds is 16. The van der Waals surface area contributed by atoms with Gasteiger partial charge in [-0.15, -0.1) is 0 Å². The van der Waals surface area contributed by atoms with Crippen molar-refractivity contribution in [2.45, 2.75) is 284 Å². The highest BCUT2D eigenvalue weighted by molar-refractivity contribution is 5.79. The highest BCUT2D eigenvalue weighted by Gasteiger charge is 2.73. The van der Waals surface area contributed by atoms with Gasteiger partial charge < -0.3 is 149 Å². The molecule has 10 fully saturated rings. The summed E-state index contributed by atoms with van der Waals surface area (Å²) in [6.45, 7) is 10.4. The molecule has 0 spiro atoms. The lowest BCUT2D eigenvalue weighted by Crippen LogP contribution is -2.70. The smallest absolute Gasteiger partial charge is 0.315 e. The van der Waals surface area contributed by atoms with Crippen LogP contribution in [0.4, 0.5) is 0 Å². The molecule has 6 heterocycles. The van der Waals surface area contributed by atoms with E-state index < -0.39 is 262 Å². The molecule has 0 aromatic carbocycles. The van der Waals surface area contributed by atoms with E-state index in [1.807, 2.05) is 6.92 Å². The Balaban J connectivity index is 0.810. The van der Waals surface area contributed by atoms with E-state index in [0.717, 1.165) is 5.57 Å². The van der Waals surface area contributed by atoms with Crippen LogP contribution >= 0.6 is 0 Å². The molecule has 32 heteroatoms. The Morgan fingerprint density at radius 3 is 1.82 bits per heavy atom. The summed E-state index contributed by atoms with van der Waals surface area (Å²) in [5.41, 5.74) is -4.19. The monoisotopic (exact) mass is 1370 g/mol. The van der Waals surface area contributed by atoms with Crippen molar-refractivity contribution in [1.82, 2.24) is 0 Å². The molecule has 0 radical (unpaired) electrons. The number of carboxylic acid groups (broad SMARTS) is 1. The molecule has 32 nitrogen and oxygen atoms in total. The van der Waals surface area contributed by atoms with Gasteiger partial charge in [-0.1, -0.05) is 46.3 Å². The van der Waals surface area contributed by atoms with Crippen molar-refractivity contribution >= 4 is 11.9 Å². The van der Waals surface area contributed by atoms with Crippen LogP contribution in [0.5, 0.6) is 0 Å². The summed E-state index contributed by atoms with van der Waals surface area (Å²) < 4.78 is 71.3. The van der Waals surface area contributed by atoms with Gasteiger partial charge in [0.05, 0.1) is 56.1 Å². The topological polar surface area (TPSA) is 509 Å². The van der Waals surface area contributed by atoms with E-state index in [0.29, 0.717) is 51.4 Å². The van der Waals surface area contributed by atoms with E-state index in [1.54, 1.807) is 0 Å². The Kier molecular flexibility index (Phi) is 21.3. The third-order valence-corrected chi connectivity index (χ3v) is 24.5. The molecule has 11 rings (SSSR count). The van der Waals surface area contributed by atoms with E-state index in [1.165, 1.54) is 13.8 Å². The molecule has 6 aliphatic heterocycles. The summed E-state index contributed by atoms with van der Waals surface area (Å²) in [7, 11) is 0. The first-order valence-corrected chi connectivity index (χ1v) is 33.2. The molecule has 0 bridgehead atoms. The minimum absolute atomic E-state index is 0.0858. The van der Waals surface area contributed by atoms with Gasteiger partial charge in [-0.25, -0.2) is 0 Å². The van der Waals surface area contributed by atoms with Gasteiger partial charge in [0.2, 0.25) is 6.29 Å². The van der Waals surface area contributed by atoms with Crippen LogP contribution in [-0.2, 0) is 66.4 Å². The molecule has 11 aliphatic rings. The molecule has 6 saturated heterocycles. The highest BCUT2D eigenvalue weighted by atomic mass is 16.8. The summed E-state index contributed by atoms with van der Waals surface area (Å²) in [6, 6.07) is 0. The molecule has 0 amide bonds. The number of allylic oxidation sites excluding steroid dienone is 2. The van der Waals surface area contributed by atoms with Crippen LogP contribution in [0.3, 0.4) is 0 Å². The van der Waals surface area contributed by atoms with E-state index in [2.05, 4.69) is 33.8 Å². The predicted octanol–water partition coefficient (Wildman–Crippen LogP) is -5.41. The molecule has 5 aliphatic carbocycles. The second kappa shape index (κ2) is 27.4. The number of fused-ring (bicyclic) bond motifs is 7. The van der Waals surface area contributed by atoms with Crippen LogP contribution in [-0.4, -0.2) is 315 Å². The number of carboxylic acids is 1. The third kappa shape index (κ3) is 12.5. The first-order valence-electron chi connectivity index (χ1n) is 33.2. The van der Waals surface area contributed by atoms with Gasteiger partial charge in [-0.2, -0.15) is 0 Å². The molecule has 95 heavy (non-hydrogen) atoms. The van der Waals surface area contributed by atoms with Crippen LogP contribution in [0.25, 0.3) is 0 Å². The van der Waals surface area contributed by atoms with Crippen molar-refractivity contribution in [3.05, 3.63) is 11.6 Å². The average Bonchev–Trinajstić information content (AvgIpc) is 0.847. The number of esters is 1. The van der Waals surface area contributed by atoms with Crippen molar-refractivity contribution in [2.75, 3.05) is 33.0 Å². The van der Waals surface area contributed by atoms with Crippen LogP contribution < -0.4 is 0 Å². The normalized spacial score (nSPS) is 54.2. The van der Waals surface area contributed by atoms with Gasteiger partial charge in [0.25, 0.3) is 0 Å². The third-order valence-electron chi connectivity index (χ3n) is 24.5. The zero-order valence-electron chi connectivity index (χ0n) is 54.2. The van der Waals surface area contributed by atoms with Gasteiger partial charge in [-0.3, -0.25) is 9.59 Å². The summed E-state index contributed by atoms with van der Waals surface area (Å²) in [6.07, 6.45) is -43.3. The fourth-order valence-corrected chi connectivity index (χ4v) is 18.7. The molecule has 0 unspecified atom stereocenters. The zero-order valence-corrected chi connectivity index (χ0v) is 54.2. The number of hydrogen-bond donors (Lipinski definition) is 18. The quantitative estimate of drug-likeness (QED) is 0.0390. The maximum absolute atomic E-state index is 15.5. The Hall–Kier alpha value is -2.44. The van der Waals surface area contributed by atoms with Crippen molar-refractivity contribution < 1.29 is 158 Å². The van der Waals surface area contributed by atoms with Crippen LogP contribution in [0.2, 0.25) is 0 Å². The molecule has 18 N–H and O–H groups in total. The molecule has 0 aromatic rings. The fraction of sp³-hybridized carbons (Fsp3) is 0.937. The van der Waals surface area contributed by atoms with Crippen molar-refractivity contribution in [3.63, 3.8) is 0 Å². The average molecular weight is 1370 g/mol. The Bertz CT molecular complexity index is 2730. The SMILES string of the molecule is C[C@@H]1O[C@H](O[C@@H]2CO[C@@H](OC(=O)[C@]34CCC(C)(C)C[C@H]3C3=CC[C@@H]5[C@@]6(C)C[C@H](O)[C@H](O[C@@H]7O[C@H](CO)[C@@H](O)[C@H](O)[C@H]7O)[C@@](C)(C(=O)O)[C@@H]6CC[C@@]5(C)[C@]3(C)CC4)[C@H](O)[C@H]2O[C@H]2OC[C@@H](O)[C@H](O)[C@H]2O)[C@H](O)[C@H](O)[C@H]1O[C@@H]1OC[C@@H](O)[C@H](O)[C@H]1O[C@@H]1O[C@H]([C@@H](O)CO)[C@H](O)[C@H]1O. The Labute approximate surface area is 548 Å². The second-order valence-electron chi connectivity index (χ2n) is 30.5. The number of aliphatic hydroxyl groups excluding tert-OH is 17. The largest absolute Gasteiger partial charge is 0.481 e. The van der Waals surface area contributed by atoms with Gasteiger partial charge in [0.15, 0.2) is 31.5 Å². The zero-order chi connectivity index (χ0) is 69.3. The molecular formula is C63H100O32. The number of aliphatic carboxylic acids is 1. The summed E-state index contributed by atoms with van der Waals surface area (Å²) in [4.78, 5) is 29.4. The second-order valence-corrected chi connectivity index (χ2v) is 30.5. The fourth-order valence-electron chi connectivity index (χ4n) is 18.7. The van der Waals surface area contributed by atoms with E-state index in [9.17, 15) is 96.7 Å². The van der Waals surface area contributed by atoms with Crippen molar-refractivity contribution in [3.8, 4) is 0 Å². The van der Waals surface area contributed by atoms with E-state index in [4.69, 9.17) is 56.8 Å². The van der Waals surface area contributed by atoms with E-state index >= 15 is 4.79 Å². The maximum Gasteiger partial charge on any atom is 0.315 e. The lowest BCUT2D eigenvalue weighted by molar-refractivity contribution is -0.379.